The first kappa shape index (κ1) is 17.0. The number of aromatic nitrogens is 1. The average molecular weight is 340 g/mol. The Kier molecular flexibility index (Phi) is 5.03. The Balaban J connectivity index is 1.77. The lowest BCUT2D eigenvalue weighted by Gasteiger charge is -2.24. The van der Waals surface area contributed by atoms with Crippen molar-refractivity contribution >= 4 is 11.6 Å². The first-order chi connectivity index (χ1) is 12.1. The van der Waals surface area contributed by atoms with Gasteiger partial charge in [-0.15, -0.1) is 0 Å². The molecule has 1 aliphatic rings. The number of morpholine rings is 1. The normalized spacial score (nSPS) is 16.9. The van der Waals surface area contributed by atoms with Crippen LogP contribution in [0.15, 0.2) is 30.3 Å². The van der Waals surface area contributed by atoms with Crippen LogP contribution < -0.4 is 10.6 Å². The maximum atomic E-state index is 14.4. The van der Waals surface area contributed by atoms with Crippen molar-refractivity contribution < 1.29 is 13.9 Å². The lowest BCUT2D eigenvalue weighted by molar-refractivity contribution is 0.0255. The summed E-state index contributed by atoms with van der Waals surface area (Å²) in [5.74, 6) is -0.861. The predicted molar refractivity (Wildman–Crippen MR) is 89.6 cm³/mol. The molecule has 0 unspecified atom stereocenters. The van der Waals surface area contributed by atoms with E-state index in [4.69, 9.17) is 10.00 Å². The Hall–Kier alpha value is -2.82. The number of benzene rings is 1. The number of hydrogen-bond donors (Lipinski definition) is 2. The molecule has 1 aliphatic heterocycles. The van der Waals surface area contributed by atoms with E-state index in [9.17, 15) is 9.18 Å². The van der Waals surface area contributed by atoms with Crippen LogP contribution in [0, 0.1) is 24.1 Å². The number of pyridine rings is 1. The Labute approximate surface area is 144 Å². The smallest absolute Gasteiger partial charge is 0.255 e. The molecule has 7 heteroatoms. The lowest BCUT2D eigenvalue weighted by Crippen LogP contribution is -2.33. The van der Waals surface area contributed by atoms with Crippen molar-refractivity contribution in [2.24, 2.45) is 0 Å². The van der Waals surface area contributed by atoms with Crippen LogP contribution in [-0.4, -0.2) is 30.6 Å². The number of hydrogen-bond acceptors (Lipinski definition) is 5. The second-order valence-corrected chi connectivity index (χ2v) is 5.75. The van der Waals surface area contributed by atoms with Gasteiger partial charge in [0.05, 0.1) is 12.7 Å². The molecule has 1 atom stereocenters. The fraction of sp³-hybridized carbons (Fsp3) is 0.278. The zero-order valence-corrected chi connectivity index (χ0v) is 13.7. The van der Waals surface area contributed by atoms with Crippen LogP contribution in [0.4, 0.5) is 10.1 Å². The maximum absolute atomic E-state index is 14.4. The SMILES string of the molecule is Cc1cc(C(=O)Nc2ccc([C@H]3CNCCO3)c(F)c2)cc(C#N)n1. The number of nitrogens with one attached hydrogen (secondary N) is 2. The second kappa shape index (κ2) is 7.38. The van der Waals surface area contributed by atoms with Gasteiger partial charge in [0.15, 0.2) is 0 Å². The van der Waals surface area contributed by atoms with Crippen molar-refractivity contribution in [2.75, 3.05) is 25.0 Å². The first-order valence-corrected chi connectivity index (χ1v) is 7.89. The highest BCUT2D eigenvalue weighted by atomic mass is 19.1. The van der Waals surface area contributed by atoms with Gasteiger partial charge >= 0.3 is 0 Å². The van der Waals surface area contributed by atoms with Gasteiger partial charge in [0.25, 0.3) is 5.91 Å². The molecule has 6 nitrogen and oxygen atoms in total. The van der Waals surface area contributed by atoms with Crippen LogP contribution in [0.2, 0.25) is 0 Å². The fourth-order valence-corrected chi connectivity index (χ4v) is 2.69. The van der Waals surface area contributed by atoms with Crippen LogP contribution in [0.5, 0.6) is 0 Å². The van der Waals surface area contributed by atoms with Crippen molar-refractivity contribution in [1.29, 1.82) is 5.26 Å². The van der Waals surface area contributed by atoms with Gasteiger partial charge in [0.1, 0.15) is 17.6 Å². The summed E-state index contributed by atoms with van der Waals surface area (Å²) in [6.07, 6.45) is -0.334. The largest absolute Gasteiger partial charge is 0.371 e. The van der Waals surface area contributed by atoms with Crippen LogP contribution in [-0.2, 0) is 4.74 Å². The van der Waals surface area contributed by atoms with Gasteiger partial charge in [-0.2, -0.15) is 5.26 Å². The van der Waals surface area contributed by atoms with Crippen molar-refractivity contribution in [3.8, 4) is 6.07 Å². The summed E-state index contributed by atoms with van der Waals surface area (Å²) in [5, 5.41) is 14.7. The quantitative estimate of drug-likeness (QED) is 0.895. The van der Waals surface area contributed by atoms with Crippen LogP contribution >= 0.6 is 0 Å². The number of halogens is 1. The standard InChI is InChI=1S/C18H17FN4O2/c1-11-6-12(7-14(9-20)22-11)18(24)23-13-2-3-15(16(19)8-13)17-10-21-4-5-25-17/h2-3,6-8,17,21H,4-5,10H2,1H3,(H,23,24)/t17-/m1/s1. The lowest BCUT2D eigenvalue weighted by atomic mass is 10.1. The molecule has 25 heavy (non-hydrogen) atoms. The van der Waals surface area contributed by atoms with E-state index in [0.717, 1.165) is 6.54 Å². The zero-order chi connectivity index (χ0) is 17.8. The Morgan fingerprint density at radius 3 is 2.96 bits per heavy atom. The summed E-state index contributed by atoms with van der Waals surface area (Å²) in [5.41, 5.74) is 1.81. The molecule has 2 heterocycles. The molecule has 2 N–H and O–H groups in total. The van der Waals surface area contributed by atoms with E-state index >= 15 is 0 Å². The minimum atomic E-state index is -0.435. The Morgan fingerprint density at radius 2 is 2.28 bits per heavy atom. The molecule has 2 aromatic rings. The molecule has 1 amide bonds. The minimum Gasteiger partial charge on any atom is -0.371 e. The van der Waals surface area contributed by atoms with Gasteiger partial charge in [-0.25, -0.2) is 9.37 Å². The molecule has 0 bridgehead atoms. The molecular weight excluding hydrogens is 323 g/mol. The molecule has 1 saturated heterocycles. The summed E-state index contributed by atoms with van der Waals surface area (Å²) in [6, 6.07) is 9.39. The Bertz CT molecular complexity index is 841. The monoisotopic (exact) mass is 340 g/mol. The molecule has 0 radical (unpaired) electrons. The second-order valence-electron chi connectivity index (χ2n) is 5.75. The van der Waals surface area contributed by atoms with Crippen LogP contribution in [0.25, 0.3) is 0 Å². The van der Waals surface area contributed by atoms with Gasteiger partial charge in [-0.05, 0) is 31.2 Å². The van der Waals surface area contributed by atoms with E-state index in [-0.39, 0.29) is 11.8 Å². The molecular formula is C18H17FN4O2. The number of nitriles is 1. The number of rotatable bonds is 3. The highest BCUT2D eigenvalue weighted by Crippen LogP contribution is 2.24. The summed E-state index contributed by atoms with van der Waals surface area (Å²) < 4.78 is 19.9. The van der Waals surface area contributed by atoms with Crippen molar-refractivity contribution in [1.82, 2.24) is 10.3 Å². The third-order valence-corrected chi connectivity index (χ3v) is 3.86. The van der Waals surface area contributed by atoms with Gasteiger partial charge < -0.3 is 15.4 Å². The van der Waals surface area contributed by atoms with Crippen LogP contribution in [0.3, 0.4) is 0 Å². The van der Waals surface area contributed by atoms with Gasteiger partial charge in [0.2, 0.25) is 0 Å². The third-order valence-electron chi connectivity index (χ3n) is 3.86. The zero-order valence-electron chi connectivity index (χ0n) is 13.7. The van der Waals surface area contributed by atoms with Gasteiger partial charge in [-0.3, -0.25) is 4.79 Å². The number of ether oxygens (including phenoxy) is 1. The van der Waals surface area contributed by atoms with Gasteiger partial charge in [0, 0.05) is 35.6 Å². The highest BCUT2D eigenvalue weighted by molar-refractivity contribution is 6.04. The first-order valence-electron chi connectivity index (χ1n) is 7.89. The number of anilines is 1. The van der Waals surface area contributed by atoms with Crippen LogP contribution in [0.1, 0.15) is 33.4 Å². The molecule has 3 rings (SSSR count). The molecule has 1 fully saturated rings. The van der Waals surface area contributed by atoms with E-state index in [2.05, 4.69) is 15.6 Å². The highest BCUT2D eigenvalue weighted by Gasteiger charge is 2.20. The molecule has 1 aromatic heterocycles. The predicted octanol–water partition coefficient (Wildman–Crippen LogP) is 2.31. The number of carbonyl (C=O) groups excluding carboxylic acids is 1. The molecule has 0 spiro atoms. The summed E-state index contributed by atoms with van der Waals surface area (Å²) in [6.45, 7) is 3.54. The van der Waals surface area contributed by atoms with Crippen molar-refractivity contribution in [2.45, 2.75) is 13.0 Å². The van der Waals surface area contributed by atoms with E-state index in [1.165, 1.54) is 12.1 Å². The summed E-state index contributed by atoms with van der Waals surface area (Å²) in [4.78, 5) is 16.3. The molecule has 1 aromatic carbocycles. The Morgan fingerprint density at radius 1 is 1.44 bits per heavy atom. The van der Waals surface area contributed by atoms with E-state index in [1.807, 2.05) is 6.07 Å². The summed E-state index contributed by atoms with van der Waals surface area (Å²) in [7, 11) is 0. The molecule has 128 valence electrons. The molecule has 0 aliphatic carbocycles. The van der Waals surface area contributed by atoms with E-state index in [0.29, 0.717) is 35.7 Å². The number of carbonyl (C=O) groups is 1. The van der Waals surface area contributed by atoms with Gasteiger partial charge in [-0.1, -0.05) is 6.07 Å². The summed E-state index contributed by atoms with van der Waals surface area (Å²) >= 11 is 0. The minimum absolute atomic E-state index is 0.161. The maximum Gasteiger partial charge on any atom is 0.255 e. The van der Waals surface area contributed by atoms with E-state index in [1.54, 1.807) is 25.1 Å². The van der Waals surface area contributed by atoms with E-state index < -0.39 is 11.7 Å². The number of amides is 1. The van der Waals surface area contributed by atoms with Crippen molar-refractivity contribution in [3.05, 3.63) is 58.7 Å². The fourth-order valence-electron chi connectivity index (χ4n) is 2.69. The number of nitrogens with zero attached hydrogens (tertiary/aromatic N) is 2. The third kappa shape index (κ3) is 3.99. The van der Waals surface area contributed by atoms with Crippen molar-refractivity contribution in [3.63, 3.8) is 0 Å². The average Bonchev–Trinajstić information content (AvgIpc) is 2.62. The molecule has 0 saturated carbocycles. The number of aryl methyl sites for hydroxylation is 1. The topological polar surface area (TPSA) is 87.0 Å².